The minimum absolute atomic E-state index is 0.0677. The highest BCUT2D eigenvalue weighted by Gasteiger charge is 2.67. The van der Waals surface area contributed by atoms with Crippen molar-refractivity contribution in [1.29, 1.82) is 0 Å². The van der Waals surface area contributed by atoms with Crippen LogP contribution >= 0.6 is 0 Å². The minimum Gasteiger partial charge on any atom is -0.375 e. The Morgan fingerprint density at radius 1 is 1.09 bits per heavy atom. The van der Waals surface area contributed by atoms with Gasteiger partial charge >= 0.3 is 0 Å². The van der Waals surface area contributed by atoms with Gasteiger partial charge in [0.1, 0.15) is 18.0 Å². The molecule has 4 fully saturated rings. The summed E-state index contributed by atoms with van der Waals surface area (Å²) < 4.78 is 32.2. The molecule has 0 aliphatic heterocycles. The summed E-state index contributed by atoms with van der Waals surface area (Å²) in [5.74, 6) is 0.164. The molecule has 0 aromatic heterocycles. The van der Waals surface area contributed by atoms with E-state index in [1.165, 1.54) is 25.7 Å². The van der Waals surface area contributed by atoms with Gasteiger partial charge in [-0.05, 0) is 78.9 Å². The van der Waals surface area contributed by atoms with Crippen LogP contribution in [-0.2, 0) is 14.9 Å². The lowest BCUT2D eigenvalue weighted by atomic mass is 9.44. The predicted molar refractivity (Wildman–Crippen MR) is 130 cm³/mol. The lowest BCUT2D eigenvalue weighted by Gasteiger charge is -2.61. The van der Waals surface area contributed by atoms with Crippen molar-refractivity contribution in [2.24, 2.45) is 46.3 Å². The highest BCUT2D eigenvalue weighted by Crippen LogP contribution is 2.68. The molecule has 4 rings (SSSR count). The summed E-state index contributed by atoms with van der Waals surface area (Å²) in [6.07, 6.45) is 9.25. The van der Waals surface area contributed by atoms with Crippen LogP contribution < -0.4 is 0 Å². The first-order valence-electron chi connectivity index (χ1n) is 13.5. The number of aliphatic hydroxyl groups excluding tert-OH is 1. The molecule has 3 N–H and O–H groups in total. The van der Waals surface area contributed by atoms with Crippen molar-refractivity contribution in [2.45, 2.75) is 104 Å². The molecule has 4 aliphatic rings. The van der Waals surface area contributed by atoms with Gasteiger partial charge in [0.15, 0.2) is 5.78 Å². The van der Waals surface area contributed by atoms with Crippen molar-refractivity contribution < 1.29 is 28.1 Å². The summed E-state index contributed by atoms with van der Waals surface area (Å²) in [6.45, 7) is 8.89. The van der Waals surface area contributed by atoms with Crippen LogP contribution in [0.5, 0.6) is 0 Å². The number of fused-ring (bicyclic) bond motifs is 5. The molecule has 0 amide bonds. The first-order valence-corrected chi connectivity index (χ1v) is 15.1. The Labute approximate surface area is 205 Å². The van der Waals surface area contributed by atoms with Crippen LogP contribution in [0, 0.1) is 46.3 Å². The zero-order valence-corrected chi connectivity index (χ0v) is 22.1. The monoisotopic (exact) mass is 499 g/mol. The first kappa shape index (κ1) is 26.5. The van der Waals surface area contributed by atoms with E-state index < -0.39 is 28.1 Å². The predicted octanol–water partition coefficient (Wildman–Crippen LogP) is 4.53. The smallest absolute Gasteiger partial charge is 0.268 e. The Morgan fingerprint density at radius 3 is 2.44 bits per heavy atom. The van der Waals surface area contributed by atoms with Crippen molar-refractivity contribution in [2.75, 3.05) is 5.75 Å². The lowest BCUT2D eigenvalue weighted by Crippen LogP contribution is -2.57. The third kappa shape index (κ3) is 4.29. The number of aliphatic hydroxyl groups is 1. The van der Waals surface area contributed by atoms with Crippen LogP contribution in [0.2, 0.25) is 0 Å². The van der Waals surface area contributed by atoms with Crippen molar-refractivity contribution in [1.82, 2.24) is 5.06 Å². The fourth-order valence-corrected chi connectivity index (χ4v) is 10.0. The number of hydroxylamine groups is 2. The molecule has 0 saturated heterocycles. The summed E-state index contributed by atoms with van der Waals surface area (Å²) in [5.41, 5.74) is -0.0509. The highest BCUT2D eigenvalue weighted by atomic mass is 32.2. The van der Waals surface area contributed by atoms with Crippen LogP contribution in [0.1, 0.15) is 91.9 Å². The number of ketones is 1. The van der Waals surface area contributed by atoms with Crippen LogP contribution in [0.3, 0.4) is 0 Å². The fourth-order valence-electron chi connectivity index (χ4n) is 9.51. The molecule has 0 spiro atoms. The van der Waals surface area contributed by atoms with E-state index in [0.717, 1.165) is 38.5 Å². The van der Waals surface area contributed by atoms with Gasteiger partial charge in [-0.2, -0.15) is 13.5 Å². The van der Waals surface area contributed by atoms with Crippen LogP contribution in [0.15, 0.2) is 0 Å². The van der Waals surface area contributed by atoms with Crippen LogP contribution in [0.4, 0.5) is 0 Å². The molecule has 34 heavy (non-hydrogen) atoms. The number of rotatable bonds is 7. The molecule has 3 unspecified atom stereocenters. The molecule has 0 radical (unpaired) electrons. The highest BCUT2D eigenvalue weighted by molar-refractivity contribution is 7.85. The zero-order valence-electron chi connectivity index (χ0n) is 21.3. The maximum atomic E-state index is 14.0. The Kier molecular flexibility index (Phi) is 7.33. The minimum atomic E-state index is -4.51. The number of Topliss-reactive ketones (excluding diaryl/α,β-unsaturated/α-hetero) is 1. The lowest BCUT2D eigenvalue weighted by molar-refractivity contribution is -0.234. The third-order valence-corrected chi connectivity index (χ3v) is 11.5. The van der Waals surface area contributed by atoms with E-state index in [-0.39, 0.29) is 40.3 Å². The van der Waals surface area contributed by atoms with E-state index >= 15 is 0 Å². The van der Waals surface area contributed by atoms with Crippen LogP contribution in [-0.4, -0.2) is 52.2 Å². The van der Waals surface area contributed by atoms with Gasteiger partial charge in [0.2, 0.25) is 0 Å². The van der Waals surface area contributed by atoms with Gasteiger partial charge in [-0.1, -0.05) is 53.4 Å². The Bertz CT molecular complexity index is 879. The molecule has 0 bridgehead atoms. The van der Waals surface area contributed by atoms with Crippen molar-refractivity contribution in [3.05, 3.63) is 0 Å². The fraction of sp³-hybridized carbons (Fsp3) is 0.962. The second-order valence-electron chi connectivity index (χ2n) is 12.6. The molecule has 0 heterocycles. The van der Waals surface area contributed by atoms with E-state index in [2.05, 4.69) is 27.7 Å². The molecular weight excluding hydrogens is 454 g/mol. The van der Waals surface area contributed by atoms with Gasteiger partial charge in [-0.3, -0.25) is 9.35 Å². The quantitative estimate of drug-likeness (QED) is 0.268. The average molecular weight is 500 g/mol. The maximum absolute atomic E-state index is 14.0. The Balaban J connectivity index is 1.74. The second kappa shape index (κ2) is 9.40. The molecule has 4 saturated carbocycles. The van der Waals surface area contributed by atoms with Crippen molar-refractivity contribution in [3.63, 3.8) is 0 Å². The number of hydrogen-bond acceptors (Lipinski definition) is 6. The zero-order chi connectivity index (χ0) is 25.1. The van der Waals surface area contributed by atoms with Gasteiger partial charge in [-0.15, -0.1) is 0 Å². The molecule has 0 aromatic carbocycles. The maximum Gasteiger partial charge on any atom is 0.268 e. The molecule has 10 atom stereocenters. The topological polar surface area (TPSA) is 115 Å². The van der Waals surface area contributed by atoms with E-state index in [4.69, 9.17) is 0 Å². The largest absolute Gasteiger partial charge is 0.375 e. The number of carbonyl (C=O) groups excluding carboxylic acids is 1. The van der Waals surface area contributed by atoms with E-state index in [1.807, 2.05) is 0 Å². The molecule has 8 heteroatoms. The number of nitrogens with zero attached hydrogens (tertiary/aromatic N) is 1. The second-order valence-corrected chi connectivity index (χ2v) is 14.1. The summed E-state index contributed by atoms with van der Waals surface area (Å²) in [5, 5.41) is 22.3. The molecule has 7 nitrogen and oxygen atoms in total. The molecule has 0 aromatic rings. The van der Waals surface area contributed by atoms with Gasteiger partial charge < -0.3 is 10.3 Å². The normalized spacial score (nSPS) is 44.3. The van der Waals surface area contributed by atoms with Crippen molar-refractivity contribution >= 4 is 15.9 Å². The number of carbonyl (C=O) groups is 1. The van der Waals surface area contributed by atoms with Crippen molar-refractivity contribution in [3.8, 4) is 0 Å². The number of hydrogen-bond donors (Lipinski definition) is 3. The first-order chi connectivity index (χ1) is 15.8. The summed E-state index contributed by atoms with van der Waals surface area (Å²) in [4.78, 5) is 14.0. The Hall–Kier alpha value is -0.540. The molecular formula is C26H45NO6S. The van der Waals surface area contributed by atoms with Gasteiger partial charge in [0.25, 0.3) is 10.1 Å². The van der Waals surface area contributed by atoms with E-state index in [1.54, 1.807) is 0 Å². The SMILES string of the molecule is CCC[C@@H](C)[C@H]1C(=O)C(N(O)C(O)CS(=O)(=O)O)[C@H]2[C@@H]3CCC4CCCC[C@]4(C)[C@H]3CC[C@]12C. The summed E-state index contributed by atoms with van der Waals surface area (Å²) in [7, 11) is -4.51. The molecule has 4 aliphatic carbocycles. The summed E-state index contributed by atoms with van der Waals surface area (Å²) >= 11 is 0. The third-order valence-electron chi connectivity index (χ3n) is 10.8. The summed E-state index contributed by atoms with van der Waals surface area (Å²) in [6, 6.07) is -0.942. The molecule has 196 valence electrons. The van der Waals surface area contributed by atoms with Gasteiger partial charge in [0.05, 0.1) is 0 Å². The van der Waals surface area contributed by atoms with E-state index in [9.17, 15) is 28.1 Å². The standard InChI is InChI=1S/C26H45NO6S/c1-5-8-16(2)21-24(29)23(27(30)20(28)15-34(31,32)33)22-18-11-10-17-9-6-7-13-25(17,3)19(18)12-14-26(21,22)4/h16-23,28,30H,5-15H2,1-4H3,(H,31,32,33)/t16-,17?,18-,19+,20?,21+,22-,23?,25+,26-/m1/s1. The van der Waals surface area contributed by atoms with Crippen LogP contribution in [0.25, 0.3) is 0 Å². The Morgan fingerprint density at radius 2 is 1.79 bits per heavy atom. The van der Waals surface area contributed by atoms with Gasteiger partial charge in [0, 0.05) is 5.92 Å². The van der Waals surface area contributed by atoms with Gasteiger partial charge in [-0.25, -0.2) is 0 Å². The van der Waals surface area contributed by atoms with E-state index in [0.29, 0.717) is 16.9 Å². The average Bonchev–Trinajstić information content (AvgIpc) is 2.98.